The molecule has 0 saturated heterocycles. The van der Waals surface area contributed by atoms with E-state index in [-0.39, 0.29) is 6.42 Å². The highest BCUT2D eigenvalue weighted by molar-refractivity contribution is 4.90. The zero-order valence-corrected chi connectivity index (χ0v) is 8.90. The van der Waals surface area contributed by atoms with E-state index >= 15 is 0 Å². The Morgan fingerprint density at radius 3 is 2.57 bits per heavy atom. The lowest BCUT2D eigenvalue weighted by Crippen LogP contribution is -2.11. The van der Waals surface area contributed by atoms with Crippen LogP contribution < -0.4 is 0 Å². The van der Waals surface area contributed by atoms with Crippen LogP contribution in [0, 0.1) is 0 Å². The lowest BCUT2D eigenvalue weighted by Gasteiger charge is -2.09. The van der Waals surface area contributed by atoms with Crippen LogP contribution in [-0.2, 0) is 9.47 Å². The van der Waals surface area contributed by atoms with Gasteiger partial charge in [0.25, 0.3) is 0 Å². The van der Waals surface area contributed by atoms with E-state index in [9.17, 15) is 5.11 Å². The van der Waals surface area contributed by atoms with E-state index in [0.717, 1.165) is 0 Å². The van der Waals surface area contributed by atoms with Crippen molar-refractivity contribution < 1.29 is 18.7 Å². The Bertz CT molecular complexity index is 212. The minimum atomic E-state index is -1.86. The van der Waals surface area contributed by atoms with Crippen molar-refractivity contribution in [2.75, 3.05) is 14.2 Å². The van der Waals surface area contributed by atoms with Crippen LogP contribution in [0.5, 0.6) is 0 Å². The quantitative estimate of drug-likeness (QED) is 0.375. The van der Waals surface area contributed by atoms with Crippen molar-refractivity contribution in [3.63, 3.8) is 0 Å². The summed E-state index contributed by atoms with van der Waals surface area (Å²) >= 11 is 0. The van der Waals surface area contributed by atoms with Crippen LogP contribution in [0.1, 0.15) is 36.6 Å². The van der Waals surface area contributed by atoms with E-state index in [4.69, 9.17) is 13.6 Å². The zero-order chi connectivity index (χ0) is 13.3. The molecule has 3 heteroatoms. The molecule has 0 aliphatic heterocycles. The van der Waals surface area contributed by atoms with Crippen LogP contribution in [0.2, 0.25) is 0 Å². The molecule has 14 heavy (non-hydrogen) atoms. The first-order valence-electron chi connectivity index (χ1n) is 6.31. The van der Waals surface area contributed by atoms with E-state index in [1.807, 2.05) is 0 Å². The molecular weight excluding hydrogens is 180 g/mol. The maximum absolute atomic E-state index is 9.58. The predicted molar refractivity (Wildman–Crippen MR) is 57.1 cm³/mol. The summed E-state index contributed by atoms with van der Waals surface area (Å²) < 4.78 is 30.9. The molecule has 0 aliphatic rings. The number of hydrogen-bond donors (Lipinski definition) is 1. The maximum Gasteiger partial charge on any atom is 0.176 e. The van der Waals surface area contributed by atoms with E-state index in [1.54, 1.807) is 12.2 Å². The fourth-order valence-electron chi connectivity index (χ4n) is 1.05. The first-order chi connectivity index (χ1) is 7.89. The third-order valence-electron chi connectivity index (χ3n) is 1.88. The number of aliphatic hydroxyl groups is 1. The molecule has 0 amide bonds. The third kappa shape index (κ3) is 7.06. The Kier molecular flexibility index (Phi) is 5.83. The molecule has 84 valence electrons. The Morgan fingerprint density at radius 2 is 2.00 bits per heavy atom. The van der Waals surface area contributed by atoms with Crippen LogP contribution in [0.4, 0.5) is 0 Å². The largest absolute Gasteiger partial charge is 0.389 e. The minimum absolute atomic E-state index is 0.197. The topological polar surface area (TPSA) is 38.7 Å². The molecule has 0 aromatic carbocycles. The van der Waals surface area contributed by atoms with Gasteiger partial charge in [-0.1, -0.05) is 32.2 Å². The van der Waals surface area contributed by atoms with Gasteiger partial charge < -0.3 is 14.6 Å². The molecule has 0 saturated carbocycles. The predicted octanol–water partition coefficient (Wildman–Crippen LogP) is 2.10. The Hall–Kier alpha value is -0.380. The Labute approximate surface area is 90.9 Å². The van der Waals surface area contributed by atoms with Crippen molar-refractivity contribution in [2.45, 2.75) is 44.9 Å². The van der Waals surface area contributed by atoms with Gasteiger partial charge >= 0.3 is 0 Å². The van der Waals surface area contributed by atoms with Gasteiger partial charge in [-0.05, 0) is 12.5 Å². The first kappa shape index (κ1) is 8.89. The van der Waals surface area contributed by atoms with E-state index in [2.05, 4.69) is 0 Å². The van der Waals surface area contributed by atoms with Gasteiger partial charge in [-0.15, -0.1) is 0 Å². The highest BCUT2D eigenvalue weighted by Crippen LogP contribution is 2.05. The molecule has 0 fully saturated rings. The number of methoxy groups -OCH3 is 2. The Morgan fingerprint density at radius 1 is 1.29 bits per heavy atom. The van der Waals surface area contributed by atoms with Gasteiger partial charge in [-0.3, -0.25) is 0 Å². The SMILES string of the molecule is [2H]C([2H])([2H])CCCCC(O)/C=C/C(OC)OC. The summed E-state index contributed by atoms with van der Waals surface area (Å²) in [6.45, 7) is -1.86. The maximum atomic E-state index is 9.58. The van der Waals surface area contributed by atoms with Gasteiger partial charge in [0, 0.05) is 18.3 Å². The molecule has 3 nitrogen and oxygen atoms in total. The summed E-state index contributed by atoms with van der Waals surface area (Å²) in [6.07, 6.45) is 4.23. The molecule has 1 atom stereocenters. The van der Waals surface area contributed by atoms with Crippen molar-refractivity contribution in [3.8, 4) is 0 Å². The average molecular weight is 205 g/mol. The van der Waals surface area contributed by atoms with Crippen LogP contribution in [0.25, 0.3) is 0 Å². The minimum Gasteiger partial charge on any atom is -0.389 e. The van der Waals surface area contributed by atoms with Gasteiger partial charge in [0.2, 0.25) is 0 Å². The molecular formula is C11H22O3. The summed E-state index contributed by atoms with van der Waals surface area (Å²) in [5.41, 5.74) is 0. The summed E-state index contributed by atoms with van der Waals surface area (Å²) in [5.74, 6) is 0. The molecule has 0 bridgehead atoms. The number of hydrogen-bond acceptors (Lipinski definition) is 3. The molecule has 0 aromatic rings. The fraction of sp³-hybridized carbons (Fsp3) is 0.818. The summed E-state index contributed by atoms with van der Waals surface area (Å²) in [6, 6.07) is 0. The number of ether oxygens (including phenoxy) is 2. The summed E-state index contributed by atoms with van der Waals surface area (Å²) in [4.78, 5) is 0. The smallest absolute Gasteiger partial charge is 0.176 e. The monoisotopic (exact) mass is 205 g/mol. The van der Waals surface area contributed by atoms with E-state index in [0.29, 0.717) is 19.3 Å². The first-order valence-corrected chi connectivity index (χ1v) is 4.81. The second kappa shape index (κ2) is 9.19. The second-order valence-corrected chi connectivity index (χ2v) is 3.04. The Balaban J connectivity index is 3.69. The molecule has 1 N–H and O–H groups in total. The van der Waals surface area contributed by atoms with Crippen molar-refractivity contribution in [2.24, 2.45) is 0 Å². The molecule has 1 unspecified atom stereocenters. The van der Waals surface area contributed by atoms with Crippen LogP contribution in [-0.4, -0.2) is 31.7 Å². The molecule has 0 heterocycles. The van der Waals surface area contributed by atoms with Gasteiger partial charge in [0.15, 0.2) is 6.29 Å². The van der Waals surface area contributed by atoms with E-state index < -0.39 is 19.2 Å². The molecule has 0 aromatic heterocycles. The van der Waals surface area contributed by atoms with Crippen molar-refractivity contribution in [1.29, 1.82) is 0 Å². The standard InChI is InChI=1S/C11H22O3/c1-4-5-6-7-10(12)8-9-11(13-2)14-3/h8-12H,4-7H2,1-3H3/b9-8+/i1D3. The fourth-order valence-corrected chi connectivity index (χ4v) is 1.05. The summed E-state index contributed by atoms with van der Waals surface area (Å²) in [7, 11) is 3.03. The van der Waals surface area contributed by atoms with Crippen molar-refractivity contribution in [1.82, 2.24) is 0 Å². The lowest BCUT2D eigenvalue weighted by atomic mass is 10.1. The highest BCUT2D eigenvalue weighted by Gasteiger charge is 2.01. The normalized spacial score (nSPS) is 18.1. The molecule has 0 aliphatic carbocycles. The van der Waals surface area contributed by atoms with Crippen LogP contribution >= 0.6 is 0 Å². The third-order valence-corrected chi connectivity index (χ3v) is 1.88. The van der Waals surface area contributed by atoms with Gasteiger partial charge in [-0.2, -0.15) is 0 Å². The second-order valence-electron chi connectivity index (χ2n) is 3.04. The van der Waals surface area contributed by atoms with Crippen LogP contribution in [0.3, 0.4) is 0 Å². The molecule has 0 spiro atoms. The number of unbranched alkanes of at least 4 members (excludes halogenated alkanes) is 1. The van der Waals surface area contributed by atoms with Crippen LogP contribution in [0.15, 0.2) is 12.2 Å². The molecule has 0 rings (SSSR count). The lowest BCUT2D eigenvalue weighted by molar-refractivity contribution is -0.0671. The molecule has 0 radical (unpaired) electrons. The van der Waals surface area contributed by atoms with Crippen molar-refractivity contribution in [3.05, 3.63) is 12.2 Å². The number of rotatable bonds is 8. The number of aliphatic hydroxyl groups excluding tert-OH is 1. The van der Waals surface area contributed by atoms with E-state index in [1.165, 1.54) is 14.2 Å². The summed E-state index contributed by atoms with van der Waals surface area (Å²) in [5, 5.41) is 9.58. The van der Waals surface area contributed by atoms with Gasteiger partial charge in [0.05, 0.1) is 6.10 Å². The van der Waals surface area contributed by atoms with Crippen molar-refractivity contribution >= 4 is 0 Å². The average Bonchev–Trinajstić information content (AvgIpc) is 2.24. The van der Waals surface area contributed by atoms with Gasteiger partial charge in [0.1, 0.15) is 0 Å². The zero-order valence-electron chi connectivity index (χ0n) is 11.9. The highest BCUT2D eigenvalue weighted by atomic mass is 16.7. The van der Waals surface area contributed by atoms with Gasteiger partial charge in [-0.25, -0.2) is 0 Å².